The molecule has 0 amide bonds. The van der Waals surface area contributed by atoms with Gasteiger partial charge in [0.25, 0.3) is 0 Å². The van der Waals surface area contributed by atoms with Gasteiger partial charge in [-0.2, -0.15) is 0 Å². The fourth-order valence-electron chi connectivity index (χ4n) is 0.618. The van der Waals surface area contributed by atoms with Gasteiger partial charge in [-0.3, -0.25) is 4.21 Å². The van der Waals surface area contributed by atoms with Crippen LogP contribution >= 0.6 is 0 Å². The summed E-state index contributed by atoms with van der Waals surface area (Å²) in [5.41, 5.74) is 0.922. The average molecular weight is 147 g/mol. The second-order valence-electron chi connectivity index (χ2n) is 1.97. The molecule has 0 rings (SSSR count). The van der Waals surface area contributed by atoms with Gasteiger partial charge >= 0.3 is 0 Å². The zero-order valence-corrected chi connectivity index (χ0v) is 6.53. The van der Waals surface area contributed by atoms with Crippen LogP contribution in [0.2, 0.25) is 0 Å². The van der Waals surface area contributed by atoms with Gasteiger partial charge in [0.2, 0.25) is 0 Å². The van der Waals surface area contributed by atoms with E-state index in [4.69, 9.17) is 0 Å². The van der Waals surface area contributed by atoms with E-state index in [2.05, 4.69) is 0 Å². The van der Waals surface area contributed by atoms with Crippen LogP contribution in [0, 0.1) is 0 Å². The van der Waals surface area contributed by atoms with Gasteiger partial charge in [0.15, 0.2) is 0 Å². The first kappa shape index (κ1) is 8.85. The van der Waals surface area contributed by atoms with Crippen LogP contribution in [0.15, 0.2) is 11.0 Å². The van der Waals surface area contributed by atoms with Crippen LogP contribution in [0.1, 0.15) is 26.7 Å². The quantitative estimate of drug-likeness (QED) is 0.568. The topological polar surface area (TPSA) is 40.1 Å². The van der Waals surface area contributed by atoms with Gasteiger partial charge in [-0.25, -0.2) is 0 Å². The van der Waals surface area contributed by atoms with Crippen molar-refractivity contribution in [3.05, 3.63) is 11.0 Å². The molecule has 0 bridgehead atoms. The molecular formula is C6H11O2S-. The van der Waals surface area contributed by atoms with E-state index >= 15 is 0 Å². The fraction of sp³-hybridized carbons (Fsp3) is 0.667. The highest BCUT2D eigenvalue weighted by Crippen LogP contribution is 2.02. The summed E-state index contributed by atoms with van der Waals surface area (Å²) in [6.07, 6.45) is 1.87. The molecule has 0 spiro atoms. The summed E-state index contributed by atoms with van der Waals surface area (Å²) >= 11 is -2.01. The molecule has 0 saturated carbocycles. The Morgan fingerprint density at radius 1 is 1.78 bits per heavy atom. The van der Waals surface area contributed by atoms with Crippen LogP contribution in [0.25, 0.3) is 0 Å². The third kappa shape index (κ3) is 5.73. The molecule has 0 aromatic carbocycles. The lowest BCUT2D eigenvalue weighted by Gasteiger charge is -1.99. The zero-order valence-electron chi connectivity index (χ0n) is 5.72. The normalized spacial score (nSPS) is 15.7. The van der Waals surface area contributed by atoms with Crippen LogP contribution in [0.3, 0.4) is 0 Å². The minimum absolute atomic E-state index is 0.869. The summed E-state index contributed by atoms with van der Waals surface area (Å²) in [5.74, 6) is 0. The van der Waals surface area contributed by atoms with Crippen molar-refractivity contribution in [3.8, 4) is 0 Å². The molecular weight excluding hydrogens is 136 g/mol. The molecule has 1 unspecified atom stereocenters. The first-order chi connectivity index (χ1) is 4.16. The molecule has 0 fully saturated rings. The summed E-state index contributed by atoms with van der Waals surface area (Å²) in [4.78, 5) is 0. The molecule has 3 heteroatoms. The number of hydrogen-bond donors (Lipinski definition) is 0. The van der Waals surface area contributed by atoms with Gasteiger partial charge in [0, 0.05) is 0 Å². The number of hydrogen-bond acceptors (Lipinski definition) is 2. The van der Waals surface area contributed by atoms with Crippen molar-refractivity contribution in [2.75, 3.05) is 0 Å². The smallest absolute Gasteiger partial charge is 0.0126 e. The minimum Gasteiger partial charge on any atom is -0.769 e. The Bertz CT molecular complexity index is 129. The zero-order chi connectivity index (χ0) is 7.28. The molecule has 2 nitrogen and oxygen atoms in total. The number of rotatable bonds is 3. The van der Waals surface area contributed by atoms with E-state index in [0.29, 0.717) is 0 Å². The fourth-order valence-corrected chi connectivity index (χ4v) is 1.06. The average Bonchev–Trinajstić information content (AvgIpc) is 1.63. The van der Waals surface area contributed by atoms with Crippen LogP contribution in [0.4, 0.5) is 0 Å². The molecule has 0 N–H and O–H groups in total. The van der Waals surface area contributed by atoms with E-state index in [1.165, 1.54) is 5.41 Å². The van der Waals surface area contributed by atoms with Crippen LogP contribution in [-0.2, 0) is 11.1 Å². The largest absolute Gasteiger partial charge is 0.769 e. The highest BCUT2D eigenvalue weighted by molar-refractivity contribution is 7.82. The van der Waals surface area contributed by atoms with Gasteiger partial charge in [0.1, 0.15) is 0 Å². The minimum atomic E-state index is -2.01. The standard InChI is InChI=1S/C6H12O2S/c1-3-4-6(2)5-9(7)8/h5H,3-4H2,1-2H3,(H,7,8)/p-1. The summed E-state index contributed by atoms with van der Waals surface area (Å²) in [5, 5.41) is 1.25. The first-order valence-corrected chi connectivity index (χ1v) is 4.06. The van der Waals surface area contributed by atoms with E-state index in [1.54, 1.807) is 0 Å². The predicted molar refractivity (Wildman–Crippen MR) is 37.6 cm³/mol. The van der Waals surface area contributed by atoms with Crippen molar-refractivity contribution < 1.29 is 8.76 Å². The van der Waals surface area contributed by atoms with Gasteiger partial charge in [-0.05, 0) is 29.8 Å². The van der Waals surface area contributed by atoms with Crippen molar-refractivity contribution in [2.24, 2.45) is 0 Å². The Balaban J connectivity index is 3.69. The van der Waals surface area contributed by atoms with Crippen LogP contribution in [-0.4, -0.2) is 8.76 Å². The van der Waals surface area contributed by atoms with Gasteiger partial charge in [0.05, 0.1) is 0 Å². The van der Waals surface area contributed by atoms with Crippen LogP contribution in [0.5, 0.6) is 0 Å². The Labute approximate surface area is 58.3 Å². The first-order valence-electron chi connectivity index (χ1n) is 2.92. The SMILES string of the molecule is CCCC(C)=CS(=O)[O-]. The van der Waals surface area contributed by atoms with Crippen molar-refractivity contribution in [2.45, 2.75) is 26.7 Å². The molecule has 0 aromatic heterocycles. The maximum atomic E-state index is 10.0. The Kier molecular flexibility index (Phi) is 4.62. The highest BCUT2D eigenvalue weighted by Gasteiger charge is 1.84. The lowest BCUT2D eigenvalue weighted by Crippen LogP contribution is -1.82. The van der Waals surface area contributed by atoms with E-state index in [-0.39, 0.29) is 0 Å². The second-order valence-corrected chi connectivity index (χ2v) is 2.73. The lowest BCUT2D eigenvalue weighted by atomic mass is 10.2. The summed E-state index contributed by atoms with van der Waals surface area (Å²) in [6.45, 7) is 3.84. The third-order valence-corrected chi connectivity index (χ3v) is 1.54. The van der Waals surface area contributed by atoms with Crippen molar-refractivity contribution in [1.82, 2.24) is 0 Å². The van der Waals surface area contributed by atoms with Gasteiger partial charge in [-0.1, -0.05) is 18.9 Å². The third-order valence-electron chi connectivity index (χ3n) is 0.942. The van der Waals surface area contributed by atoms with Crippen molar-refractivity contribution >= 4 is 11.1 Å². The molecule has 1 atom stereocenters. The Morgan fingerprint density at radius 2 is 2.33 bits per heavy atom. The van der Waals surface area contributed by atoms with E-state index in [9.17, 15) is 8.76 Å². The van der Waals surface area contributed by atoms with Crippen molar-refractivity contribution in [1.29, 1.82) is 0 Å². The lowest BCUT2D eigenvalue weighted by molar-refractivity contribution is 0.546. The molecule has 0 aliphatic carbocycles. The molecule has 0 aliphatic rings. The Hall–Kier alpha value is -0.150. The molecule has 54 valence electrons. The van der Waals surface area contributed by atoms with E-state index < -0.39 is 11.1 Å². The van der Waals surface area contributed by atoms with Crippen LogP contribution < -0.4 is 0 Å². The molecule has 0 radical (unpaired) electrons. The number of allylic oxidation sites excluding steroid dienone is 1. The summed E-state index contributed by atoms with van der Waals surface area (Å²) in [7, 11) is 0. The summed E-state index contributed by atoms with van der Waals surface area (Å²) < 4.78 is 20.0. The molecule has 0 aliphatic heterocycles. The molecule has 0 heterocycles. The molecule has 0 aromatic rings. The van der Waals surface area contributed by atoms with Gasteiger partial charge < -0.3 is 4.55 Å². The summed E-state index contributed by atoms with van der Waals surface area (Å²) in [6, 6.07) is 0. The maximum absolute atomic E-state index is 10.0. The van der Waals surface area contributed by atoms with Crippen molar-refractivity contribution in [3.63, 3.8) is 0 Å². The highest BCUT2D eigenvalue weighted by atomic mass is 32.2. The van der Waals surface area contributed by atoms with Gasteiger partial charge in [-0.15, -0.1) is 0 Å². The maximum Gasteiger partial charge on any atom is -0.0126 e. The predicted octanol–water partition coefficient (Wildman–Crippen LogP) is 1.57. The monoisotopic (exact) mass is 147 g/mol. The molecule has 9 heavy (non-hydrogen) atoms. The van der Waals surface area contributed by atoms with E-state index in [1.807, 2.05) is 13.8 Å². The second kappa shape index (κ2) is 4.70. The molecule has 0 saturated heterocycles. The van der Waals surface area contributed by atoms with E-state index in [0.717, 1.165) is 18.4 Å². The Morgan fingerprint density at radius 3 is 2.67 bits per heavy atom.